The Morgan fingerprint density at radius 1 is 1.30 bits per heavy atom. The van der Waals surface area contributed by atoms with Gasteiger partial charge in [0, 0.05) is 27.5 Å². The van der Waals surface area contributed by atoms with Gasteiger partial charge in [-0.1, -0.05) is 15.9 Å². The SMILES string of the molecule is CCOC(C)c1cc2c(C)nc3ccc(Br)cc3c2o1. The summed E-state index contributed by atoms with van der Waals surface area (Å²) in [4.78, 5) is 4.64. The first-order valence-electron chi connectivity index (χ1n) is 6.71. The van der Waals surface area contributed by atoms with Gasteiger partial charge >= 0.3 is 0 Å². The predicted octanol–water partition coefficient (Wildman–Crippen LogP) is 5.15. The number of aryl methyl sites for hydroxylation is 1. The lowest BCUT2D eigenvalue weighted by atomic mass is 10.1. The molecule has 4 heteroatoms. The molecule has 3 aromatic rings. The smallest absolute Gasteiger partial charge is 0.145 e. The van der Waals surface area contributed by atoms with Gasteiger partial charge in [-0.05, 0) is 45.0 Å². The fraction of sp³-hybridized carbons (Fsp3) is 0.312. The number of aromatic nitrogens is 1. The Bertz CT molecular complexity index is 779. The molecule has 1 atom stereocenters. The average molecular weight is 334 g/mol. The maximum atomic E-state index is 6.05. The lowest BCUT2D eigenvalue weighted by Gasteiger charge is -2.07. The van der Waals surface area contributed by atoms with Gasteiger partial charge in [0.15, 0.2) is 0 Å². The minimum Gasteiger partial charge on any atom is -0.458 e. The minimum absolute atomic E-state index is 0.0472. The molecule has 20 heavy (non-hydrogen) atoms. The van der Waals surface area contributed by atoms with Crippen LogP contribution in [0.15, 0.2) is 33.2 Å². The summed E-state index contributed by atoms with van der Waals surface area (Å²) in [6.45, 7) is 6.66. The predicted molar refractivity (Wildman–Crippen MR) is 84.0 cm³/mol. The zero-order chi connectivity index (χ0) is 14.3. The maximum absolute atomic E-state index is 6.05. The summed E-state index contributed by atoms with van der Waals surface area (Å²) in [5, 5.41) is 2.08. The fourth-order valence-corrected chi connectivity index (χ4v) is 2.80. The third kappa shape index (κ3) is 2.23. The average Bonchev–Trinajstić information content (AvgIpc) is 2.86. The van der Waals surface area contributed by atoms with Crippen LogP contribution in [0.5, 0.6) is 0 Å². The van der Waals surface area contributed by atoms with E-state index in [1.807, 2.05) is 45.0 Å². The quantitative estimate of drug-likeness (QED) is 0.664. The number of nitrogens with zero attached hydrogens (tertiary/aromatic N) is 1. The Balaban J connectivity index is 2.28. The van der Waals surface area contributed by atoms with Crippen molar-refractivity contribution in [2.45, 2.75) is 26.9 Å². The number of hydrogen-bond acceptors (Lipinski definition) is 3. The highest BCUT2D eigenvalue weighted by Crippen LogP contribution is 2.33. The molecule has 2 aromatic heterocycles. The Hall–Kier alpha value is -1.39. The van der Waals surface area contributed by atoms with Gasteiger partial charge < -0.3 is 9.15 Å². The van der Waals surface area contributed by atoms with Crippen molar-refractivity contribution >= 4 is 37.8 Å². The van der Waals surface area contributed by atoms with Crippen molar-refractivity contribution in [1.82, 2.24) is 4.98 Å². The van der Waals surface area contributed by atoms with E-state index in [1.54, 1.807) is 0 Å². The van der Waals surface area contributed by atoms with Crippen LogP contribution in [0.2, 0.25) is 0 Å². The van der Waals surface area contributed by atoms with Crippen LogP contribution in [0, 0.1) is 6.92 Å². The third-order valence-electron chi connectivity index (χ3n) is 3.45. The van der Waals surface area contributed by atoms with E-state index in [0.717, 1.165) is 37.8 Å². The normalized spacial score (nSPS) is 13.2. The molecule has 104 valence electrons. The van der Waals surface area contributed by atoms with Crippen molar-refractivity contribution < 1.29 is 9.15 Å². The molecule has 0 saturated carbocycles. The number of benzene rings is 1. The number of fused-ring (bicyclic) bond motifs is 3. The van der Waals surface area contributed by atoms with E-state index in [0.29, 0.717) is 6.61 Å². The third-order valence-corrected chi connectivity index (χ3v) is 3.94. The van der Waals surface area contributed by atoms with Gasteiger partial charge in [0.1, 0.15) is 17.4 Å². The Morgan fingerprint density at radius 2 is 2.10 bits per heavy atom. The summed E-state index contributed by atoms with van der Waals surface area (Å²) >= 11 is 3.50. The molecular weight excluding hydrogens is 318 g/mol. The van der Waals surface area contributed by atoms with Crippen LogP contribution in [0.1, 0.15) is 31.4 Å². The number of ether oxygens (including phenoxy) is 1. The van der Waals surface area contributed by atoms with Gasteiger partial charge in [0.2, 0.25) is 0 Å². The molecule has 0 N–H and O–H groups in total. The molecule has 0 bridgehead atoms. The van der Waals surface area contributed by atoms with E-state index in [1.165, 1.54) is 0 Å². The Morgan fingerprint density at radius 3 is 2.85 bits per heavy atom. The summed E-state index contributed by atoms with van der Waals surface area (Å²) in [5.74, 6) is 0.847. The number of furan rings is 1. The molecule has 0 radical (unpaired) electrons. The van der Waals surface area contributed by atoms with Crippen LogP contribution in [0.3, 0.4) is 0 Å². The van der Waals surface area contributed by atoms with Crippen LogP contribution in [0.4, 0.5) is 0 Å². The number of halogens is 1. The summed E-state index contributed by atoms with van der Waals surface area (Å²) in [7, 11) is 0. The van der Waals surface area contributed by atoms with Crippen LogP contribution in [-0.4, -0.2) is 11.6 Å². The fourth-order valence-electron chi connectivity index (χ4n) is 2.44. The van der Waals surface area contributed by atoms with Crippen LogP contribution in [-0.2, 0) is 4.74 Å². The molecule has 1 unspecified atom stereocenters. The zero-order valence-electron chi connectivity index (χ0n) is 11.7. The minimum atomic E-state index is -0.0472. The molecule has 1 aromatic carbocycles. The molecule has 2 heterocycles. The Kier molecular flexibility index (Phi) is 3.52. The molecule has 0 saturated heterocycles. The van der Waals surface area contributed by atoms with Gasteiger partial charge in [-0.15, -0.1) is 0 Å². The largest absolute Gasteiger partial charge is 0.458 e. The lowest BCUT2D eigenvalue weighted by Crippen LogP contribution is -1.97. The van der Waals surface area contributed by atoms with E-state index in [9.17, 15) is 0 Å². The second kappa shape index (κ2) is 5.19. The van der Waals surface area contributed by atoms with Gasteiger partial charge in [-0.3, -0.25) is 4.98 Å². The number of pyridine rings is 1. The first-order valence-corrected chi connectivity index (χ1v) is 7.50. The molecular formula is C16H16BrNO2. The van der Waals surface area contributed by atoms with Crippen molar-refractivity contribution in [3.8, 4) is 0 Å². The van der Waals surface area contributed by atoms with Gasteiger partial charge in [0.05, 0.1) is 5.52 Å². The van der Waals surface area contributed by atoms with Crippen molar-refractivity contribution in [2.75, 3.05) is 6.61 Å². The highest BCUT2D eigenvalue weighted by Gasteiger charge is 2.16. The molecule has 0 fully saturated rings. The van der Waals surface area contributed by atoms with E-state index in [4.69, 9.17) is 9.15 Å². The second-order valence-electron chi connectivity index (χ2n) is 4.85. The molecule has 3 nitrogen and oxygen atoms in total. The molecule has 0 aliphatic carbocycles. The van der Waals surface area contributed by atoms with Crippen LogP contribution in [0.25, 0.3) is 21.9 Å². The number of rotatable bonds is 3. The monoisotopic (exact) mass is 333 g/mol. The molecule has 0 aliphatic heterocycles. The van der Waals surface area contributed by atoms with E-state index < -0.39 is 0 Å². The second-order valence-corrected chi connectivity index (χ2v) is 5.76. The molecule has 0 spiro atoms. The van der Waals surface area contributed by atoms with Crippen molar-refractivity contribution in [3.05, 3.63) is 40.2 Å². The van der Waals surface area contributed by atoms with Crippen molar-refractivity contribution in [1.29, 1.82) is 0 Å². The summed E-state index contributed by atoms with van der Waals surface area (Å²) in [6.07, 6.45) is -0.0472. The van der Waals surface area contributed by atoms with Crippen molar-refractivity contribution in [2.24, 2.45) is 0 Å². The topological polar surface area (TPSA) is 35.3 Å². The molecule has 0 amide bonds. The Labute approximate surface area is 126 Å². The van der Waals surface area contributed by atoms with E-state index >= 15 is 0 Å². The summed E-state index contributed by atoms with van der Waals surface area (Å²) in [6, 6.07) is 8.08. The lowest BCUT2D eigenvalue weighted by molar-refractivity contribution is 0.0616. The summed E-state index contributed by atoms with van der Waals surface area (Å²) in [5.41, 5.74) is 2.81. The molecule has 3 rings (SSSR count). The van der Waals surface area contributed by atoms with E-state index in [2.05, 4.69) is 20.9 Å². The van der Waals surface area contributed by atoms with Gasteiger partial charge in [-0.2, -0.15) is 0 Å². The van der Waals surface area contributed by atoms with Gasteiger partial charge in [-0.25, -0.2) is 0 Å². The van der Waals surface area contributed by atoms with Crippen LogP contribution < -0.4 is 0 Å². The highest BCUT2D eigenvalue weighted by atomic mass is 79.9. The van der Waals surface area contributed by atoms with Gasteiger partial charge in [0.25, 0.3) is 0 Å². The zero-order valence-corrected chi connectivity index (χ0v) is 13.3. The summed E-state index contributed by atoms with van der Waals surface area (Å²) < 4.78 is 12.7. The number of hydrogen-bond donors (Lipinski definition) is 0. The maximum Gasteiger partial charge on any atom is 0.145 e. The first-order chi connectivity index (χ1) is 9.60. The van der Waals surface area contributed by atoms with Crippen molar-refractivity contribution in [3.63, 3.8) is 0 Å². The highest BCUT2D eigenvalue weighted by molar-refractivity contribution is 9.10. The standard InChI is InChI=1S/C16H16BrNO2/c1-4-19-10(3)15-8-12-9(2)18-14-6-5-11(17)7-13(14)16(12)20-15/h5-8,10H,4H2,1-3H3. The van der Waals surface area contributed by atoms with E-state index in [-0.39, 0.29) is 6.10 Å². The van der Waals surface area contributed by atoms with Crippen LogP contribution >= 0.6 is 15.9 Å². The molecule has 0 aliphatic rings. The first kappa shape index (κ1) is 13.6.